The van der Waals surface area contributed by atoms with E-state index in [2.05, 4.69) is 23.3 Å². The quantitative estimate of drug-likeness (QED) is 0.106. The first-order valence-electron chi connectivity index (χ1n) is 19.9. The molecule has 2 fully saturated rings. The van der Waals surface area contributed by atoms with Gasteiger partial charge in [0, 0.05) is 36.3 Å². The number of hydrogen-bond acceptors (Lipinski definition) is 12. The zero-order valence-corrected chi connectivity index (χ0v) is 34.0. The van der Waals surface area contributed by atoms with Gasteiger partial charge in [-0.05, 0) is 104 Å². The number of carbonyl (C=O) groups excluding carboxylic acids is 3. The smallest absolute Gasteiger partial charge is 0.410 e. The zero-order valence-electron chi connectivity index (χ0n) is 34.0. The lowest BCUT2D eigenvalue weighted by atomic mass is 9.79. The molecule has 14 heteroatoms. The van der Waals surface area contributed by atoms with E-state index < -0.39 is 60.1 Å². The summed E-state index contributed by atoms with van der Waals surface area (Å²) in [6, 6.07) is 6.92. The summed E-state index contributed by atoms with van der Waals surface area (Å²) in [4.78, 5) is 45.2. The number of Topliss-reactive ketones (excluding diaryl/α,β-unsaturated/α-hetero) is 1. The van der Waals surface area contributed by atoms with Crippen molar-refractivity contribution in [3.8, 4) is 11.3 Å². The van der Waals surface area contributed by atoms with Crippen molar-refractivity contribution < 1.29 is 38.4 Å². The van der Waals surface area contributed by atoms with Gasteiger partial charge in [0.25, 0.3) is 0 Å². The Hall–Kier alpha value is -3.85. The van der Waals surface area contributed by atoms with Gasteiger partial charge >= 0.3 is 12.1 Å². The standard InChI is InChI=1S/C41H62N6O8/c1-10-33-41(7)37(47(40(51)55-41)20-12-11-19-46-23-31(43-44-46)29-17-14-18-30(42)22-29)25(3)16-13-15-24(2)36(27(5)34(48)28(6)38(50)53-33)54-39-35(49)32(45(8)9)21-26(4)52-39/h14-15,17-18,22-23,25-28,32-33,35-37,39,49H,10-13,16,19-21,42H2,1-9H3/b24-15+/t25-,26+,27-,28+,32?,33+,35?,36-,37+,39-,41+/m0/s1. The van der Waals surface area contributed by atoms with Crippen LogP contribution in [0.5, 0.6) is 0 Å². The van der Waals surface area contributed by atoms with Crippen LogP contribution in [0.25, 0.3) is 11.3 Å². The minimum Gasteiger partial charge on any atom is -0.458 e. The third-order valence-electron chi connectivity index (χ3n) is 11.8. The number of amides is 1. The fourth-order valence-electron chi connectivity index (χ4n) is 8.66. The van der Waals surface area contributed by atoms with Gasteiger partial charge in [-0.15, -0.1) is 5.10 Å². The number of likely N-dealkylation sites (N-methyl/N-ethyl adjacent to an activating group) is 1. The third-order valence-corrected chi connectivity index (χ3v) is 11.8. The van der Waals surface area contributed by atoms with Crippen LogP contribution >= 0.6 is 0 Å². The van der Waals surface area contributed by atoms with Gasteiger partial charge in [-0.1, -0.05) is 44.2 Å². The van der Waals surface area contributed by atoms with Crippen molar-refractivity contribution in [3.63, 3.8) is 0 Å². The molecule has 1 aromatic heterocycles. The molecule has 3 aliphatic heterocycles. The second-order valence-corrected chi connectivity index (χ2v) is 16.3. The van der Waals surface area contributed by atoms with Crippen molar-refractivity contribution >= 4 is 23.5 Å². The molecule has 11 atom stereocenters. The fraction of sp³-hybridized carbons (Fsp3) is 0.683. The van der Waals surface area contributed by atoms with Gasteiger partial charge in [-0.2, -0.15) is 0 Å². The Kier molecular flexibility index (Phi) is 13.8. The van der Waals surface area contributed by atoms with E-state index in [1.165, 1.54) is 0 Å². The van der Waals surface area contributed by atoms with Gasteiger partial charge in [0.1, 0.15) is 23.8 Å². The molecule has 2 saturated heterocycles. The first-order valence-corrected chi connectivity index (χ1v) is 19.9. The minimum atomic E-state index is -1.14. The van der Waals surface area contributed by atoms with Crippen molar-refractivity contribution in [2.75, 3.05) is 26.4 Å². The van der Waals surface area contributed by atoms with Crippen LogP contribution in [0, 0.1) is 17.8 Å². The van der Waals surface area contributed by atoms with Crippen molar-refractivity contribution in [1.82, 2.24) is 24.8 Å². The number of fused-ring (bicyclic) bond motifs is 1. The maximum atomic E-state index is 14.0. The fourth-order valence-corrected chi connectivity index (χ4v) is 8.66. The maximum absolute atomic E-state index is 14.0. The summed E-state index contributed by atoms with van der Waals surface area (Å²) >= 11 is 0. The van der Waals surface area contributed by atoms with Crippen LogP contribution in [0.2, 0.25) is 0 Å². The highest BCUT2D eigenvalue weighted by Gasteiger charge is 2.58. The topological polar surface area (TPSA) is 172 Å². The van der Waals surface area contributed by atoms with E-state index in [-0.39, 0.29) is 23.8 Å². The minimum absolute atomic E-state index is 0.0478. The lowest BCUT2D eigenvalue weighted by molar-refractivity contribution is -0.267. The van der Waals surface area contributed by atoms with Crippen LogP contribution in [0.4, 0.5) is 10.5 Å². The van der Waals surface area contributed by atoms with E-state index in [4.69, 9.17) is 24.7 Å². The van der Waals surface area contributed by atoms with Crippen LogP contribution in [0.1, 0.15) is 87.0 Å². The van der Waals surface area contributed by atoms with Crippen LogP contribution in [0.3, 0.4) is 0 Å². The van der Waals surface area contributed by atoms with E-state index in [1.807, 2.05) is 77.2 Å². The molecule has 0 radical (unpaired) electrons. The average molecular weight is 767 g/mol. The Balaban J connectivity index is 1.35. The van der Waals surface area contributed by atoms with Gasteiger partial charge < -0.3 is 39.6 Å². The number of aromatic nitrogens is 3. The molecule has 1 amide bonds. The Labute approximate surface area is 325 Å². The van der Waals surface area contributed by atoms with Gasteiger partial charge in [-0.3, -0.25) is 14.3 Å². The predicted octanol–water partition coefficient (Wildman–Crippen LogP) is 5.24. The molecule has 55 heavy (non-hydrogen) atoms. The number of ketones is 1. The summed E-state index contributed by atoms with van der Waals surface area (Å²) in [5.41, 5.74) is 7.90. The first-order chi connectivity index (χ1) is 26.0. The van der Waals surface area contributed by atoms with Crippen LogP contribution in [-0.2, 0) is 35.1 Å². The number of ether oxygens (including phenoxy) is 4. The number of nitrogen functional groups attached to an aromatic ring is 1. The normalized spacial score (nSPS) is 34.8. The number of benzene rings is 1. The second kappa shape index (κ2) is 18.0. The number of nitrogens with zero attached hydrogens (tertiary/aromatic N) is 5. The number of nitrogens with two attached hydrogens (primary N) is 1. The van der Waals surface area contributed by atoms with Crippen molar-refractivity contribution in [3.05, 3.63) is 42.1 Å². The Morgan fingerprint density at radius 3 is 2.53 bits per heavy atom. The number of carbonyl (C=O) groups is 3. The number of hydrogen-bond donors (Lipinski definition) is 2. The highest BCUT2D eigenvalue weighted by atomic mass is 16.7. The molecule has 3 aliphatic rings. The molecular formula is C41H62N6O8. The van der Waals surface area contributed by atoms with Crippen molar-refractivity contribution in [2.24, 2.45) is 17.8 Å². The number of anilines is 1. The van der Waals surface area contributed by atoms with Crippen LogP contribution in [-0.4, -0.2) is 117 Å². The SMILES string of the molecule is CC[C@H]1OC(=O)[C@H](C)C(=O)[C@H](C)[C@@H](O[C@@H]2O[C@H](C)CC(N(C)C)C2O)/C(C)=C/CC[C@H](C)[C@H]2N(CCCCn3cc(-c4cccc(N)c4)nn3)C(=O)O[C@]12C. The highest BCUT2D eigenvalue weighted by Crippen LogP contribution is 2.42. The summed E-state index contributed by atoms with van der Waals surface area (Å²) in [5, 5.41) is 19.9. The molecule has 0 aliphatic carbocycles. The largest absolute Gasteiger partial charge is 0.458 e. The highest BCUT2D eigenvalue weighted by molar-refractivity contribution is 6.00. The number of esters is 1. The summed E-state index contributed by atoms with van der Waals surface area (Å²) in [6.07, 6.45) is 3.68. The van der Waals surface area contributed by atoms with E-state index in [9.17, 15) is 19.5 Å². The maximum Gasteiger partial charge on any atom is 0.410 e. The molecule has 4 heterocycles. The van der Waals surface area contributed by atoms with Gasteiger partial charge in [0.2, 0.25) is 0 Å². The third kappa shape index (κ3) is 9.41. The number of aliphatic hydroxyl groups excluding tert-OH is 1. The van der Waals surface area contributed by atoms with Crippen LogP contribution < -0.4 is 5.73 Å². The van der Waals surface area contributed by atoms with Crippen molar-refractivity contribution in [1.29, 1.82) is 0 Å². The number of unbranched alkanes of at least 4 members (excludes halogenated alkanes) is 1. The van der Waals surface area contributed by atoms with Crippen LogP contribution in [0.15, 0.2) is 42.1 Å². The summed E-state index contributed by atoms with van der Waals surface area (Å²) in [5.74, 6) is -2.92. The lowest BCUT2D eigenvalue weighted by Gasteiger charge is -2.43. The van der Waals surface area contributed by atoms with E-state index in [0.29, 0.717) is 50.9 Å². The van der Waals surface area contributed by atoms with Crippen molar-refractivity contribution in [2.45, 2.75) is 142 Å². The van der Waals surface area contributed by atoms with Gasteiger partial charge in [0.15, 0.2) is 17.7 Å². The molecule has 3 N–H and O–H groups in total. The predicted molar refractivity (Wildman–Crippen MR) is 207 cm³/mol. The van der Waals surface area contributed by atoms with E-state index >= 15 is 0 Å². The van der Waals surface area contributed by atoms with Gasteiger partial charge in [-0.25, -0.2) is 4.79 Å². The molecule has 0 bridgehead atoms. The number of rotatable bonds is 10. The Morgan fingerprint density at radius 2 is 1.84 bits per heavy atom. The number of allylic oxidation sites excluding steroid dienone is 1. The first kappa shape index (κ1) is 42.3. The zero-order chi connectivity index (χ0) is 40.2. The molecule has 0 saturated carbocycles. The molecule has 14 nitrogen and oxygen atoms in total. The number of cyclic esters (lactones) is 1. The molecule has 2 aromatic rings. The Morgan fingerprint density at radius 1 is 1.11 bits per heavy atom. The molecule has 1 aromatic carbocycles. The molecular weight excluding hydrogens is 704 g/mol. The monoisotopic (exact) mass is 766 g/mol. The molecule has 5 rings (SSSR count). The Bertz CT molecular complexity index is 1680. The van der Waals surface area contributed by atoms with E-state index in [0.717, 1.165) is 23.3 Å². The number of aryl methyl sites for hydroxylation is 1. The summed E-state index contributed by atoms with van der Waals surface area (Å²) < 4.78 is 26.7. The summed E-state index contributed by atoms with van der Waals surface area (Å²) in [7, 11) is 3.82. The van der Waals surface area contributed by atoms with E-state index in [1.54, 1.807) is 23.4 Å². The summed E-state index contributed by atoms with van der Waals surface area (Å²) in [6.45, 7) is 14.1. The molecule has 304 valence electrons. The molecule has 0 spiro atoms. The number of aliphatic hydroxyl groups is 1. The second-order valence-electron chi connectivity index (χ2n) is 16.3. The average Bonchev–Trinajstić information content (AvgIpc) is 3.72. The molecule has 2 unspecified atom stereocenters. The van der Waals surface area contributed by atoms with Gasteiger partial charge in [0.05, 0.1) is 24.4 Å². The lowest BCUT2D eigenvalue weighted by Crippen LogP contribution is -2.56.